The Hall–Kier alpha value is -1.80. The minimum absolute atomic E-state index is 0.0104. The molecule has 2 aromatic heterocycles. The van der Waals surface area contributed by atoms with Crippen LogP contribution in [0.4, 0.5) is 10.6 Å². The molecule has 7 nitrogen and oxygen atoms in total. The van der Waals surface area contributed by atoms with E-state index in [0.29, 0.717) is 15.8 Å². The van der Waals surface area contributed by atoms with Crippen LogP contribution in [0.3, 0.4) is 0 Å². The number of aromatic carboxylic acids is 1. The Bertz CT molecular complexity index is 797. The van der Waals surface area contributed by atoms with E-state index in [1.54, 1.807) is 32.9 Å². The summed E-state index contributed by atoms with van der Waals surface area (Å²) in [6.45, 7) is 5.26. The number of hydrogen-bond acceptors (Lipinski definition) is 4. The molecule has 23 heavy (non-hydrogen) atoms. The van der Waals surface area contributed by atoms with E-state index in [4.69, 9.17) is 21.4 Å². The second-order valence-corrected chi connectivity index (χ2v) is 7.04. The van der Waals surface area contributed by atoms with Crippen LogP contribution in [0.1, 0.15) is 31.3 Å². The zero-order valence-corrected chi connectivity index (χ0v) is 15.3. The monoisotopic (exact) mass is 403 g/mol. The number of carbonyl (C=O) groups excluding carboxylic acids is 1. The van der Waals surface area contributed by atoms with E-state index in [1.165, 1.54) is 16.5 Å². The largest absolute Gasteiger partial charge is 0.476 e. The van der Waals surface area contributed by atoms with Crippen LogP contribution in [-0.4, -0.2) is 39.4 Å². The highest BCUT2D eigenvalue weighted by Gasteiger charge is 2.25. The maximum Gasteiger partial charge on any atom is 0.415 e. The molecule has 0 aliphatic heterocycles. The molecule has 2 rings (SSSR count). The van der Waals surface area contributed by atoms with E-state index in [1.807, 2.05) is 0 Å². The fourth-order valence-electron chi connectivity index (χ4n) is 1.88. The van der Waals surface area contributed by atoms with Gasteiger partial charge in [0.15, 0.2) is 5.69 Å². The highest BCUT2D eigenvalue weighted by Crippen LogP contribution is 2.32. The van der Waals surface area contributed by atoms with Gasteiger partial charge in [-0.1, -0.05) is 11.6 Å². The molecule has 0 atom stereocenters. The molecule has 0 saturated heterocycles. The lowest BCUT2D eigenvalue weighted by atomic mass is 10.2. The Morgan fingerprint density at radius 1 is 1.39 bits per heavy atom. The number of hydrogen-bond donors (Lipinski definition) is 1. The van der Waals surface area contributed by atoms with Crippen LogP contribution in [0.15, 0.2) is 16.6 Å². The number of carboxylic acid groups (broad SMARTS) is 1. The third-order valence-electron chi connectivity index (χ3n) is 2.86. The Balaban J connectivity index is 2.58. The number of amides is 1. The van der Waals surface area contributed by atoms with E-state index >= 15 is 0 Å². The number of ether oxygens (including phenoxy) is 1. The molecule has 9 heteroatoms. The van der Waals surface area contributed by atoms with E-state index in [-0.39, 0.29) is 10.7 Å². The number of fused-ring (bicyclic) bond motifs is 1. The summed E-state index contributed by atoms with van der Waals surface area (Å²) in [6, 6.07) is 3.26. The molecule has 0 bridgehead atoms. The first-order valence-electron chi connectivity index (χ1n) is 6.59. The first-order valence-corrected chi connectivity index (χ1v) is 7.76. The first-order chi connectivity index (χ1) is 10.5. The average molecular weight is 405 g/mol. The summed E-state index contributed by atoms with van der Waals surface area (Å²) in [5, 5.41) is 13.1. The van der Waals surface area contributed by atoms with Gasteiger partial charge in [-0.2, -0.15) is 5.10 Å². The van der Waals surface area contributed by atoms with E-state index in [0.717, 1.165) is 0 Å². The zero-order chi connectivity index (χ0) is 17.5. The highest BCUT2D eigenvalue weighted by atomic mass is 79.9. The Morgan fingerprint density at radius 2 is 2.00 bits per heavy atom. The molecule has 2 heterocycles. The molecular weight excluding hydrogens is 390 g/mol. The van der Waals surface area contributed by atoms with Gasteiger partial charge in [0.25, 0.3) is 0 Å². The van der Waals surface area contributed by atoms with Crippen LogP contribution in [-0.2, 0) is 4.74 Å². The fourth-order valence-corrected chi connectivity index (χ4v) is 2.80. The predicted molar refractivity (Wildman–Crippen MR) is 89.5 cm³/mol. The molecule has 0 saturated carbocycles. The summed E-state index contributed by atoms with van der Waals surface area (Å²) in [6.07, 6.45) is -0.593. The van der Waals surface area contributed by atoms with Gasteiger partial charge in [0.1, 0.15) is 22.0 Å². The van der Waals surface area contributed by atoms with Crippen molar-refractivity contribution in [3.63, 3.8) is 0 Å². The first kappa shape index (κ1) is 17.6. The van der Waals surface area contributed by atoms with Gasteiger partial charge in [-0.15, -0.1) is 0 Å². The second kappa shape index (κ2) is 6.01. The van der Waals surface area contributed by atoms with Crippen LogP contribution in [0.25, 0.3) is 5.52 Å². The molecule has 0 aliphatic carbocycles. The van der Waals surface area contributed by atoms with Gasteiger partial charge in [0.2, 0.25) is 0 Å². The van der Waals surface area contributed by atoms with Crippen molar-refractivity contribution in [3.8, 4) is 0 Å². The number of nitrogens with zero attached hydrogens (tertiary/aromatic N) is 3. The highest BCUT2D eigenvalue weighted by molar-refractivity contribution is 9.10. The van der Waals surface area contributed by atoms with Crippen LogP contribution in [0.5, 0.6) is 0 Å². The van der Waals surface area contributed by atoms with Crippen molar-refractivity contribution in [1.82, 2.24) is 9.61 Å². The lowest BCUT2D eigenvalue weighted by Crippen LogP contribution is -2.35. The normalized spacial score (nSPS) is 11.6. The topological polar surface area (TPSA) is 84.1 Å². The quantitative estimate of drug-likeness (QED) is 0.822. The van der Waals surface area contributed by atoms with Gasteiger partial charge in [0, 0.05) is 11.5 Å². The van der Waals surface area contributed by atoms with Crippen molar-refractivity contribution < 1.29 is 19.4 Å². The third kappa shape index (κ3) is 3.42. The van der Waals surface area contributed by atoms with Crippen LogP contribution in [0.2, 0.25) is 5.02 Å². The molecular formula is C14H15BrClN3O4. The van der Waals surface area contributed by atoms with Crippen LogP contribution in [0, 0.1) is 0 Å². The van der Waals surface area contributed by atoms with Gasteiger partial charge in [0.05, 0.1) is 0 Å². The molecule has 0 spiro atoms. The van der Waals surface area contributed by atoms with Crippen molar-refractivity contribution in [2.75, 3.05) is 11.9 Å². The average Bonchev–Trinajstić information content (AvgIpc) is 2.75. The summed E-state index contributed by atoms with van der Waals surface area (Å²) in [4.78, 5) is 24.7. The van der Waals surface area contributed by atoms with Gasteiger partial charge < -0.3 is 9.84 Å². The molecule has 0 aliphatic rings. The minimum Gasteiger partial charge on any atom is -0.476 e. The molecule has 1 N–H and O–H groups in total. The third-order valence-corrected chi connectivity index (χ3v) is 3.86. The molecule has 2 aromatic rings. The van der Waals surface area contributed by atoms with Crippen molar-refractivity contribution in [1.29, 1.82) is 0 Å². The second-order valence-electron chi connectivity index (χ2n) is 5.81. The predicted octanol–water partition coefficient (Wildman–Crippen LogP) is 3.82. The molecule has 0 unspecified atom stereocenters. The number of halogens is 2. The number of carbonyl (C=O) groups is 2. The molecule has 0 aromatic carbocycles. The van der Waals surface area contributed by atoms with Crippen molar-refractivity contribution in [3.05, 3.63) is 27.3 Å². The van der Waals surface area contributed by atoms with Gasteiger partial charge in [-0.3, -0.25) is 4.90 Å². The van der Waals surface area contributed by atoms with E-state index < -0.39 is 17.7 Å². The molecule has 1 amide bonds. The van der Waals surface area contributed by atoms with Crippen molar-refractivity contribution in [2.45, 2.75) is 26.4 Å². The van der Waals surface area contributed by atoms with Crippen LogP contribution < -0.4 is 4.90 Å². The number of rotatable bonds is 2. The maximum atomic E-state index is 12.2. The number of aromatic nitrogens is 2. The van der Waals surface area contributed by atoms with Gasteiger partial charge in [-0.05, 0) is 48.8 Å². The molecule has 0 radical (unpaired) electrons. The number of carboxylic acids is 1. The van der Waals surface area contributed by atoms with E-state index in [9.17, 15) is 9.59 Å². The smallest absolute Gasteiger partial charge is 0.415 e. The van der Waals surface area contributed by atoms with Gasteiger partial charge in [-0.25, -0.2) is 14.1 Å². The van der Waals surface area contributed by atoms with Crippen molar-refractivity contribution in [2.24, 2.45) is 0 Å². The summed E-state index contributed by atoms with van der Waals surface area (Å²) in [7, 11) is 1.51. The minimum atomic E-state index is -1.25. The fraction of sp³-hybridized carbons (Fsp3) is 0.357. The van der Waals surface area contributed by atoms with Crippen LogP contribution >= 0.6 is 27.5 Å². The Labute approximate surface area is 145 Å². The summed E-state index contributed by atoms with van der Waals surface area (Å²) in [5.41, 5.74) is -0.595. The Morgan fingerprint density at radius 3 is 2.52 bits per heavy atom. The standard InChI is InChI=1S/C14H15BrClN3O4/c1-14(2,3)23-13(22)18(4)8-6-5-7(15)11-9(16)10(12(20)21)17-19(8)11/h5-6H,1-4H3,(H,20,21). The molecule has 0 fully saturated rings. The van der Waals surface area contributed by atoms with Gasteiger partial charge >= 0.3 is 12.1 Å². The number of pyridine rings is 1. The zero-order valence-electron chi connectivity index (χ0n) is 12.9. The van der Waals surface area contributed by atoms with Crippen molar-refractivity contribution >= 4 is 50.9 Å². The SMILES string of the molecule is CN(C(=O)OC(C)(C)C)c1ccc(Br)c2c(Cl)c(C(=O)O)nn12. The summed E-state index contributed by atoms with van der Waals surface area (Å²) < 4.78 is 7.15. The van der Waals surface area contributed by atoms with E-state index in [2.05, 4.69) is 21.0 Å². The summed E-state index contributed by atoms with van der Waals surface area (Å²) >= 11 is 9.40. The lowest BCUT2D eigenvalue weighted by Gasteiger charge is -2.25. The Kier molecular flexibility index (Phi) is 4.59. The maximum absolute atomic E-state index is 12.2. The lowest BCUT2D eigenvalue weighted by molar-refractivity contribution is 0.0587. The summed E-state index contributed by atoms with van der Waals surface area (Å²) in [5.74, 6) is -0.927. The molecule has 124 valence electrons. The number of anilines is 1.